The highest BCUT2D eigenvalue weighted by atomic mass is 79.9. The van der Waals surface area contributed by atoms with Crippen LogP contribution in [0.5, 0.6) is 0 Å². The van der Waals surface area contributed by atoms with E-state index in [1.54, 1.807) is 4.68 Å². The maximum absolute atomic E-state index is 9.31. The summed E-state index contributed by atoms with van der Waals surface area (Å²) in [7, 11) is 0. The quantitative estimate of drug-likeness (QED) is 0.943. The standard InChI is InChI=1S/C12H12BrClN2O/c1-2-10-8(7-17)12(14)16(15-10)11-6-4-3-5-9(11)13/h3-6,17H,2,7H2,1H3. The first-order valence-corrected chi connectivity index (χ1v) is 6.48. The molecule has 0 saturated carbocycles. The van der Waals surface area contributed by atoms with Crippen LogP contribution in [0.15, 0.2) is 28.7 Å². The van der Waals surface area contributed by atoms with Gasteiger partial charge in [0.25, 0.3) is 0 Å². The maximum atomic E-state index is 9.31. The zero-order valence-corrected chi connectivity index (χ0v) is 11.7. The molecule has 0 radical (unpaired) electrons. The van der Waals surface area contributed by atoms with Gasteiger partial charge in [-0.3, -0.25) is 0 Å². The Morgan fingerprint density at radius 2 is 2.12 bits per heavy atom. The van der Waals surface area contributed by atoms with Crippen molar-refractivity contribution in [1.82, 2.24) is 9.78 Å². The number of hydrogen-bond acceptors (Lipinski definition) is 2. The number of para-hydroxylation sites is 1. The predicted octanol–water partition coefficient (Wildman–Crippen LogP) is 3.34. The van der Waals surface area contributed by atoms with E-state index < -0.39 is 0 Å². The molecule has 0 aliphatic heterocycles. The summed E-state index contributed by atoms with van der Waals surface area (Å²) >= 11 is 9.70. The van der Waals surface area contributed by atoms with Crippen LogP contribution in [0, 0.1) is 0 Å². The summed E-state index contributed by atoms with van der Waals surface area (Å²) in [5.41, 5.74) is 2.39. The van der Waals surface area contributed by atoms with Gasteiger partial charge >= 0.3 is 0 Å². The number of benzene rings is 1. The van der Waals surface area contributed by atoms with Gasteiger partial charge in [-0.05, 0) is 34.5 Å². The molecule has 2 aromatic rings. The van der Waals surface area contributed by atoms with Gasteiger partial charge in [0.05, 0.1) is 18.0 Å². The fourth-order valence-corrected chi connectivity index (χ4v) is 2.45. The minimum atomic E-state index is -0.0908. The van der Waals surface area contributed by atoms with Crippen LogP contribution in [0.2, 0.25) is 5.15 Å². The molecule has 1 heterocycles. The molecule has 0 unspecified atom stereocenters. The predicted molar refractivity (Wildman–Crippen MR) is 71.6 cm³/mol. The van der Waals surface area contributed by atoms with Crippen molar-refractivity contribution in [3.8, 4) is 5.69 Å². The van der Waals surface area contributed by atoms with Crippen molar-refractivity contribution in [3.05, 3.63) is 45.1 Å². The van der Waals surface area contributed by atoms with Crippen molar-refractivity contribution in [2.24, 2.45) is 0 Å². The van der Waals surface area contributed by atoms with Gasteiger partial charge in [0.1, 0.15) is 5.15 Å². The largest absolute Gasteiger partial charge is 0.391 e. The van der Waals surface area contributed by atoms with Gasteiger partial charge in [-0.25, -0.2) is 4.68 Å². The molecule has 0 aliphatic rings. The average molecular weight is 316 g/mol. The van der Waals surface area contributed by atoms with Gasteiger partial charge in [0.2, 0.25) is 0 Å². The third-order valence-electron chi connectivity index (χ3n) is 2.58. The lowest BCUT2D eigenvalue weighted by atomic mass is 10.2. The fourth-order valence-electron chi connectivity index (χ4n) is 1.70. The second-order valence-corrected chi connectivity index (χ2v) is 4.80. The number of rotatable bonds is 3. The Hall–Kier alpha value is -0.840. The van der Waals surface area contributed by atoms with E-state index in [1.165, 1.54) is 0 Å². The molecule has 0 aliphatic carbocycles. The third-order valence-corrected chi connectivity index (χ3v) is 3.64. The molecule has 0 saturated heterocycles. The van der Waals surface area contributed by atoms with Crippen LogP contribution in [-0.2, 0) is 13.0 Å². The normalized spacial score (nSPS) is 10.8. The smallest absolute Gasteiger partial charge is 0.138 e. The minimum Gasteiger partial charge on any atom is -0.391 e. The Balaban J connectivity index is 2.61. The van der Waals surface area contributed by atoms with Gasteiger partial charge in [-0.2, -0.15) is 5.10 Å². The van der Waals surface area contributed by atoms with Crippen molar-refractivity contribution < 1.29 is 5.11 Å². The molecule has 0 bridgehead atoms. The number of nitrogens with zero attached hydrogens (tertiary/aromatic N) is 2. The molecule has 5 heteroatoms. The zero-order chi connectivity index (χ0) is 12.4. The highest BCUT2D eigenvalue weighted by Gasteiger charge is 2.16. The summed E-state index contributed by atoms with van der Waals surface area (Å²) in [6, 6.07) is 7.70. The van der Waals surface area contributed by atoms with Gasteiger partial charge in [-0.1, -0.05) is 30.7 Å². The highest BCUT2D eigenvalue weighted by Crippen LogP contribution is 2.28. The lowest BCUT2D eigenvalue weighted by molar-refractivity contribution is 0.281. The molecule has 0 atom stereocenters. The maximum Gasteiger partial charge on any atom is 0.138 e. The van der Waals surface area contributed by atoms with E-state index in [9.17, 15) is 5.11 Å². The number of aromatic nitrogens is 2. The Morgan fingerprint density at radius 1 is 1.41 bits per heavy atom. The number of hydrogen-bond donors (Lipinski definition) is 1. The van der Waals surface area contributed by atoms with Crippen LogP contribution in [0.1, 0.15) is 18.2 Å². The molecule has 0 fully saturated rings. The van der Waals surface area contributed by atoms with Crippen LogP contribution < -0.4 is 0 Å². The van der Waals surface area contributed by atoms with Crippen LogP contribution in [-0.4, -0.2) is 14.9 Å². The lowest BCUT2D eigenvalue weighted by Gasteiger charge is -2.05. The van der Waals surface area contributed by atoms with Crippen LogP contribution in [0.4, 0.5) is 0 Å². The Labute approximate surface area is 113 Å². The SMILES string of the molecule is CCc1nn(-c2ccccc2Br)c(Cl)c1CO. The first kappa shape index (κ1) is 12.6. The number of halogens is 2. The summed E-state index contributed by atoms with van der Waals surface area (Å²) in [5.74, 6) is 0. The van der Waals surface area contributed by atoms with E-state index >= 15 is 0 Å². The Morgan fingerprint density at radius 3 is 2.65 bits per heavy atom. The summed E-state index contributed by atoms with van der Waals surface area (Å²) in [6.07, 6.45) is 0.743. The monoisotopic (exact) mass is 314 g/mol. The van der Waals surface area contributed by atoms with Gasteiger partial charge < -0.3 is 5.11 Å². The van der Waals surface area contributed by atoms with Crippen molar-refractivity contribution in [3.63, 3.8) is 0 Å². The van der Waals surface area contributed by atoms with E-state index in [-0.39, 0.29) is 6.61 Å². The van der Waals surface area contributed by atoms with Crippen molar-refractivity contribution in [2.45, 2.75) is 20.0 Å². The lowest BCUT2D eigenvalue weighted by Crippen LogP contribution is -1.98. The molecule has 0 amide bonds. The molecule has 1 aromatic heterocycles. The summed E-state index contributed by atoms with van der Waals surface area (Å²) in [5, 5.41) is 14.2. The van der Waals surface area contributed by atoms with Crippen molar-refractivity contribution in [1.29, 1.82) is 0 Å². The molecule has 17 heavy (non-hydrogen) atoms. The second kappa shape index (κ2) is 5.21. The Bertz CT molecular complexity index is 539. The molecule has 0 spiro atoms. The molecule has 3 nitrogen and oxygen atoms in total. The summed E-state index contributed by atoms with van der Waals surface area (Å²) in [6.45, 7) is 1.90. The topological polar surface area (TPSA) is 38.0 Å². The number of aryl methyl sites for hydroxylation is 1. The molecular weight excluding hydrogens is 304 g/mol. The molecule has 1 N–H and O–H groups in total. The number of aliphatic hydroxyl groups is 1. The first-order valence-electron chi connectivity index (χ1n) is 5.31. The van der Waals surface area contributed by atoms with Crippen molar-refractivity contribution in [2.75, 3.05) is 0 Å². The molecule has 90 valence electrons. The van der Waals surface area contributed by atoms with Gasteiger partial charge in [-0.15, -0.1) is 0 Å². The molecule has 1 aromatic carbocycles. The Kier molecular flexibility index (Phi) is 3.86. The van der Waals surface area contributed by atoms with Gasteiger partial charge in [0, 0.05) is 10.0 Å². The number of aliphatic hydroxyl groups excluding tert-OH is 1. The highest BCUT2D eigenvalue weighted by molar-refractivity contribution is 9.10. The summed E-state index contributed by atoms with van der Waals surface area (Å²) < 4.78 is 2.56. The van der Waals surface area contributed by atoms with Crippen LogP contribution in [0.3, 0.4) is 0 Å². The van der Waals surface area contributed by atoms with E-state index in [0.717, 1.165) is 22.3 Å². The fraction of sp³-hybridized carbons (Fsp3) is 0.250. The average Bonchev–Trinajstić information content (AvgIpc) is 2.66. The first-order chi connectivity index (χ1) is 8.19. The zero-order valence-electron chi connectivity index (χ0n) is 9.32. The van der Waals surface area contributed by atoms with Crippen LogP contribution >= 0.6 is 27.5 Å². The van der Waals surface area contributed by atoms with Crippen LogP contribution in [0.25, 0.3) is 5.69 Å². The van der Waals surface area contributed by atoms with E-state index in [0.29, 0.717) is 10.7 Å². The second-order valence-electron chi connectivity index (χ2n) is 3.59. The van der Waals surface area contributed by atoms with E-state index in [1.807, 2.05) is 31.2 Å². The minimum absolute atomic E-state index is 0.0908. The van der Waals surface area contributed by atoms with Gasteiger partial charge in [0.15, 0.2) is 0 Å². The van der Waals surface area contributed by atoms with Crippen molar-refractivity contribution >= 4 is 27.5 Å². The third kappa shape index (κ3) is 2.25. The molecule has 2 rings (SSSR count). The van der Waals surface area contributed by atoms with E-state index in [2.05, 4.69) is 21.0 Å². The molecular formula is C12H12BrClN2O. The van der Waals surface area contributed by atoms with E-state index in [4.69, 9.17) is 11.6 Å². The summed E-state index contributed by atoms with van der Waals surface area (Å²) in [4.78, 5) is 0.